The third kappa shape index (κ3) is 2.58. The van der Waals surface area contributed by atoms with Gasteiger partial charge in [-0.15, -0.1) is 0 Å². The van der Waals surface area contributed by atoms with Crippen LogP contribution in [0.25, 0.3) is 0 Å². The quantitative estimate of drug-likeness (QED) is 0.614. The number of rotatable bonds is 2. The van der Waals surface area contributed by atoms with Gasteiger partial charge in [0.15, 0.2) is 0 Å². The number of carbonyl (C=O) groups excluding carboxylic acids is 1. The molecule has 0 aromatic carbocycles. The molecule has 0 rings (SSSR count). The summed E-state index contributed by atoms with van der Waals surface area (Å²) >= 11 is 10.1. The molecule has 0 saturated carbocycles. The monoisotopic (exact) mass is 182 g/mol. The molecule has 0 aliphatic rings. The highest BCUT2D eigenvalue weighted by molar-refractivity contribution is 6.28. The fourth-order valence-corrected chi connectivity index (χ4v) is 0.881. The van der Waals surface area contributed by atoms with E-state index in [4.69, 9.17) is 23.5 Å². The van der Waals surface area contributed by atoms with Crippen molar-refractivity contribution in [2.24, 2.45) is 5.92 Å². The van der Waals surface area contributed by atoms with E-state index in [-0.39, 0.29) is 5.92 Å². The second kappa shape index (κ2) is 4.58. The molecule has 0 radical (unpaired) electrons. The Labute approximate surface area is 69.9 Å². The van der Waals surface area contributed by atoms with Crippen molar-refractivity contribution in [1.82, 2.24) is 0 Å². The van der Waals surface area contributed by atoms with Crippen molar-refractivity contribution >= 4 is 29.4 Å². The summed E-state index contributed by atoms with van der Waals surface area (Å²) in [5, 5.41) is 0. The van der Waals surface area contributed by atoms with Gasteiger partial charge in [0.1, 0.15) is 11.9 Å². The van der Waals surface area contributed by atoms with Crippen LogP contribution in [0.5, 0.6) is 0 Å². The van der Waals surface area contributed by atoms with Gasteiger partial charge in [0.2, 0.25) is 0 Å². The Morgan fingerprint density at radius 1 is 1.60 bits per heavy atom. The summed E-state index contributed by atoms with van der Waals surface area (Å²) in [6.07, 6.45) is 0. The molecule has 0 unspecified atom stereocenters. The van der Waals surface area contributed by atoms with Crippen molar-refractivity contribution in [3.8, 4) is 0 Å². The van der Waals surface area contributed by atoms with Gasteiger partial charge in [-0.2, -0.15) is 0 Å². The summed E-state index contributed by atoms with van der Waals surface area (Å²) < 4.78 is 3.95. The Hall–Kier alpha value is -0.210. The van der Waals surface area contributed by atoms with Crippen molar-refractivity contribution in [3.05, 3.63) is 11.1 Å². The Morgan fingerprint density at radius 2 is 2.10 bits per heavy atom. The zero-order chi connectivity index (χ0) is 8.15. The molecule has 0 aromatic rings. The van der Waals surface area contributed by atoms with Crippen LogP contribution in [0.1, 0.15) is 13.8 Å². The van der Waals surface area contributed by atoms with E-state index in [0.29, 0.717) is 5.57 Å². The molecule has 0 aliphatic carbocycles. The molecule has 0 aliphatic heterocycles. The number of halogens is 2. The minimum Gasteiger partial charge on any atom is -0.343 e. The van der Waals surface area contributed by atoms with Crippen molar-refractivity contribution in [3.63, 3.8) is 0 Å². The van der Waals surface area contributed by atoms with E-state index in [9.17, 15) is 4.79 Å². The molecule has 0 spiro atoms. The molecule has 0 fully saturated rings. The summed E-state index contributed by atoms with van der Waals surface area (Å²) in [5.41, 5.74) is 1.55. The molecular weight excluding hydrogens is 175 g/mol. The third-order valence-corrected chi connectivity index (χ3v) is 1.42. The highest BCUT2D eigenvalue weighted by Crippen LogP contribution is 2.12. The smallest absolute Gasteiger partial charge is 0.343 e. The van der Waals surface area contributed by atoms with E-state index in [1.54, 1.807) is 0 Å². The Kier molecular flexibility index (Phi) is 4.49. The van der Waals surface area contributed by atoms with Gasteiger partial charge < -0.3 is 4.29 Å². The van der Waals surface area contributed by atoms with E-state index in [1.165, 1.54) is 5.54 Å². The minimum absolute atomic E-state index is 0.0312. The lowest BCUT2D eigenvalue weighted by Gasteiger charge is -2.03. The van der Waals surface area contributed by atoms with E-state index in [0.717, 1.165) is 0 Å². The highest BCUT2D eigenvalue weighted by Gasteiger charge is 2.13. The number of hydrogen-bond acceptors (Lipinski definition) is 2. The predicted octanol–water partition coefficient (Wildman–Crippen LogP) is 2.46. The fraction of sp³-hybridized carbons (Fsp3) is 0.500. The maximum Gasteiger partial charge on any atom is 0.353 e. The van der Waals surface area contributed by atoms with Gasteiger partial charge in [-0.25, -0.2) is 4.79 Å². The molecule has 10 heavy (non-hydrogen) atoms. The first-order valence-corrected chi connectivity index (χ1v) is 3.51. The largest absolute Gasteiger partial charge is 0.353 e. The van der Waals surface area contributed by atoms with E-state index >= 15 is 0 Å². The average molecular weight is 183 g/mol. The standard InChI is InChI=1S/C6H8Cl2O2/c1-4(2)5(3-7)6(9)10-8/h3-4H,1-2H3. The molecule has 0 heterocycles. The van der Waals surface area contributed by atoms with Crippen LogP contribution in [0.15, 0.2) is 11.1 Å². The Bertz CT molecular complexity index is 152. The molecule has 4 heteroatoms. The maximum atomic E-state index is 10.7. The lowest BCUT2D eigenvalue weighted by molar-refractivity contribution is -0.130. The molecule has 58 valence electrons. The summed E-state index contributed by atoms with van der Waals surface area (Å²) in [7, 11) is 0. The topological polar surface area (TPSA) is 26.3 Å². The SMILES string of the molecule is CC(C)C(=CCl)C(=O)OCl. The first-order chi connectivity index (χ1) is 4.63. The van der Waals surface area contributed by atoms with Crippen LogP contribution in [-0.4, -0.2) is 5.97 Å². The number of carbonyl (C=O) groups is 1. The van der Waals surface area contributed by atoms with Gasteiger partial charge in [0, 0.05) is 5.54 Å². The fourth-order valence-electron chi connectivity index (χ4n) is 0.451. The van der Waals surface area contributed by atoms with Crippen LogP contribution >= 0.6 is 23.5 Å². The normalized spacial score (nSPS) is 11.9. The molecule has 0 aromatic heterocycles. The predicted molar refractivity (Wildman–Crippen MR) is 40.7 cm³/mol. The highest BCUT2D eigenvalue weighted by atomic mass is 35.5. The molecule has 0 N–H and O–H groups in total. The van der Waals surface area contributed by atoms with Crippen LogP contribution in [0, 0.1) is 5.92 Å². The second-order valence-electron chi connectivity index (χ2n) is 2.08. The molecular formula is C6H8Cl2O2. The van der Waals surface area contributed by atoms with Crippen LogP contribution in [-0.2, 0) is 9.08 Å². The van der Waals surface area contributed by atoms with Crippen molar-refractivity contribution in [1.29, 1.82) is 0 Å². The third-order valence-electron chi connectivity index (χ3n) is 1.05. The summed E-state index contributed by atoms with van der Waals surface area (Å²) in [6, 6.07) is 0. The van der Waals surface area contributed by atoms with Crippen LogP contribution in [0.4, 0.5) is 0 Å². The lowest BCUT2D eigenvalue weighted by atomic mass is 10.1. The molecule has 0 atom stereocenters. The molecule has 2 nitrogen and oxygen atoms in total. The van der Waals surface area contributed by atoms with E-state index in [1.807, 2.05) is 13.8 Å². The van der Waals surface area contributed by atoms with Crippen molar-refractivity contribution < 1.29 is 9.08 Å². The van der Waals surface area contributed by atoms with Crippen LogP contribution in [0.2, 0.25) is 0 Å². The molecule has 0 saturated heterocycles. The minimum atomic E-state index is -0.591. The van der Waals surface area contributed by atoms with Gasteiger partial charge in [-0.05, 0) is 5.92 Å². The maximum absolute atomic E-state index is 10.7. The van der Waals surface area contributed by atoms with Crippen LogP contribution < -0.4 is 0 Å². The average Bonchev–Trinajstić information content (AvgIpc) is 1.88. The van der Waals surface area contributed by atoms with E-state index in [2.05, 4.69) is 4.29 Å². The first kappa shape index (κ1) is 9.79. The molecule has 0 bridgehead atoms. The molecule has 0 amide bonds. The second-order valence-corrected chi connectivity index (χ2v) is 2.46. The van der Waals surface area contributed by atoms with Gasteiger partial charge in [0.25, 0.3) is 0 Å². The van der Waals surface area contributed by atoms with Gasteiger partial charge in [-0.3, -0.25) is 0 Å². The van der Waals surface area contributed by atoms with E-state index < -0.39 is 5.97 Å². The van der Waals surface area contributed by atoms with Crippen molar-refractivity contribution in [2.45, 2.75) is 13.8 Å². The van der Waals surface area contributed by atoms with Crippen LogP contribution in [0.3, 0.4) is 0 Å². The Balaban J connectivity index is 4.24. The zero-order valence-electron chi connectivity index (χ0n) is 5.73. The summed E-state index contributed by atoms with van der Waals surface area (Å²) in [5.74, 6) is -0.560. The van der Waals surface area contributed by atoms with Gasteiger partial charge in [0.05, 0.1) is 5.57 Å². The first-order valence-electron chi connectivity index (χ1n) is 2.76. The van der Waals surface area contributed by atoms with Gasteiger partial charge >= 0.3 is 5.97 Å². The van der Waals surface area contributed by atoms with Gasteiger partial charge in [-0.1, -0.05) is 25.4 Å². The lowest BCUT2D eigenvalue weighted by Crippen LogP contribution is -2.07. The summed E-state index contributed by atoms with van der Waals surface area (Å²) in [4.78, 5) is 10.7. The Morgan fingerprint density at radius 3 is 2.20 bits per heavy atom. The zero-order valence-corrected chi connectivity index (χ0v) is 7.24. The summed E-state index contributed by atoms with van der Waals surface area (Å²) in [6.45, 7) is 3.64. The van der Waals surface area contributed by atoms with Crippen molar-refractivity contribution in [2.75, 3.05) is 0 Å². The number of hydrogen-bond donors (Lipinski definition) is 0.